The standard InChI is InChI=1S/C11H15NO3/c1-12(8-7-11(13)14)9-3-5-10(15-2)6-4-9/h3-6H,7-8H2,1-2H3,(H,13,14). The van der Waals surface area contributed by atoms with Crippen molar-refractivity contribution in [2.45, 2.75) is 6.42 Å². The molecule has 0 radical (unpaired) electrons. The van der Waals surface area contributed by atoms with Crippen LogP contribution in [-0.2, 0) is 4.79 Å². The fraction of sp³-hybridized carbons (Fsp3) is 0.364. The van der Waals surface area contributed by atoms with Crippen molar-refractivity contribution in [1.29, 1.82) is 0 Å². The van der Waals surface area contributed by atoms with Gasteiger partial charge < -0.3 is 14.7 Å². The summed E-state index contributed by atoms with van der Waals surface area (Å²) < 4.78 is 5.03. The van der Waals surface area contributed by atoms with E-state index >= 15 is 0 Å². The largest absolute Gasteiger partial charge is 0.497 e. The molecular weight excluding hydrogens is 194 g/mol. The van der Waals surface area contributed by atoms with Gasteiger partial charge in [-0.3, -0.25) is 4.79 Å². The Morgan fingerprint density at radius 3 is 2.47 bits per heavy atom. The van der Waals surface area contributed by atoms with E-state index in [4.69, 9.17) is 9.84 Å². The molecule has 0 aliphatic heterocycles. The van der Waals surface area contributed by atoms with Gasteiger partial charge in [0, 0.05) is 19.3 Å². The van der Waals surface area contributed by atoms with Crippen LogP contribution in [0.15, 0.2) is 24.3 Å². The van der Waals surface area contributed by atoms with Gasteiger partial charge in [-0.05, 0) is 24.3 Å². The lowest BCUT2D eigenvalue weighted by Crippen LogP contribution is -2.20. The number of carboxylic acids is 1. The quantitative estimate of drug-likeness (QED) is 0.800. The van der Waals surface area contributed by atoms with Crippen LogP contribution in [0.4, 0.5) is 5.69 Å². The van der Waals surface area contributed by atoms with E-state index in [1.54, 1.807) is 7.11 Å². The number of carbonyl (C=O) groups is 1. The van der Waals surface area contributed by atoms with Crippen molar-refractivity contribution in [2.75, 3.05) is 25.6 Å². The van der Waals surface area contributed by atoms with E-state index in [2.05, 4.69) is 0 Å². The highest BCUT2D eigenvalue weighted by molar-refractivity contribution is 5.67. The van der Waals surface area contributed by atoms with Gasteiger partial charge in [-0.2, -0.15) is 0 Å². The molecule has 4 nitrogen and oxygen atoms in total. The smallest absolute Gasteiger partial charge is 0.305 e. The molecule has 1 rings (SSSR count). The molecule has 4 heteroatoms. The van der Waals surface area contributed by atoms with Crippen LogP contribution in [0, 0.1) is 0 Å². The number of nitrogens with zero attached hydrogens (tertiary/aromatic N) is 1. The first-order valence-electron chi connectivity index (χ1n) is 4.70. The summed E-state index contributed by atoms with van der Waals surface area (Å²) in [6, 6.07) is 7.51. The molecule has 0 unspecified atom stereocenters. The highest BCUT2D eigenvalue weighted by atomic mass is 16.5. The van der Waals surface area contributed by atoms with Crippen molar-refractivity contribution in [1.82, 2.24) is 0 Å². The summed E-state index contributed by atoms with van der Waals surface area (Å²) in [5, 5.41) is 8.54. The van der Waals surface area contributed by atoms with Crippen LogP contribution in [0.2, 0.25) is 0 Å². The molecule has 0 aliphatic rings. The molecule has 1 N–H and O–H groups in total. The first-order chi connectivity index (χ1) is 7.13. The summed E-state index contributed by atoms with van der Waals surface area (Å²) in [7, 11) is 3.48. The van der Waals surface area contributed by atoms with Crippen LogP contribution in [0.3, 0.4) is 0 Å². The van der Waals surface area contributed by atoms with Crippen molar-refractivity contribution in [3.05, 3.63) is 24.3 Å². The Morgan fingerprint density at radius 1 is 1.40 bits per heavy atom. The van der Waals surface area contributed by atoms with E-state index in [1.807, 2.05) is 36.2 Å². The Morgan fingerprint density at radius 2 is 2.00 bits per heavy atom. The average Bonchev–Trinajstić information content (AvgIpc) is 2.26. The highest BCUT2D eigenvalue weighted by Gasteiger charge is 2.03. The van der Waals surface area contributed by atoms with Crippen molar-refractivity contribution in [2.24, 2.45) is 0 Å². The van der Waals surface area contributed by atoms with Gasteiger partial charge in [0.2, 0.25) is 0 Å². The Labute approximate surface area is 89.1 Å². The third kappa shape index (κ3) is 3.50. The summed E-state index contributed by atoms with van der Waals surface area (Å²) in [5.41, 5.74) is 0.983. The number of rotatable bonds is 5. The first-order valence-corrected chi connectivity index (χ1v) is 4.70. The first kappa shape index (κ1) is 11.4. The molecule has 0 saturated heterocycles. The molecule has 0 fully saturated rings. The summed E-state index contributed by atoms with van der Waals surface area (Å²) in [6.45, 7) is 0.502. The third-order valence-corrected chi connectivity index (χ3v) is 2.17. The second kappa shape index (κ2) is 5.24. The van der Waals surface area contributed by atoms with Crippen LogP contribution < -0.4 is 9.64 Å². The topological polar surface area (TPSA) is 49.8 Å². The number of carboxylic acid groups (broad SMARTS) is 1. The molecular formula is C11H15NO3. The summed E-state index contributed by atoms with van der Waals surface area (Å²) in [6.07, 6.45) is 0.141. The summed E-state index contributed by atoms with van der Waals surface area (Å²) in [4.78, 5) is 12.3. The lowest BCUT2D eigenvalue weighted by atomic mass is 10.2. The average molecular weight is 209 g/mol. The zero-order valence-corrected chi connectivity index (χ0v) is 8.93. The van der Waals surface area contributed by atoms with Gasteiger partial charge in [0.15, 0.2) is 0 Å². The van der Waals surface area contributed by atoms with Gasteiger partial charge in [0.1, 0.15) is 5.75 Å². The maximum absolute atomic E-state index is 10.4. The Kier molecular flexibility index (Phi) is 3.97. The molecule has 0 spiro atoms. The molecule has 0 heterocycles. The number of aliphatic carboxylic acids is 1. The number of hydrogen-bond donors (Lipinski definition) is 1. The molecule has 0 saturated carbocycles. The molecule has 0 aromatic heterocycles. The number of anilines is 1. The van der Waals surface area contributed by atoms with Gasteiger partial charge in [-0.25, -0.2) is 0 Å². The second-order valence-electron chi connectivity index (χ2n) is 3.26. The zero-order chi connectivity index (χ0) is 11.3. The molecule has 0 bridgehead atoms. The highest BCUT2D eigenvalue weighted by Crippen LogP contribution is 2.17. The SMILES string of the molecule is COc1ccc(N(C)CCC(=O)O)cc1. The van der Waals surface area contributed by atoms with Gasteiger partial charge in [-0.15, -0.1) is 0 Å². The predicted octanol–water partition coefficient (Wildman–Crippen LogP) is 1.61. The van der Waals surface area contributed by atoms with E-state index in [9.17, 15) is 4.79 Å². The number of ether oxygens (including phenoxy) is 1. The van der Waals surface area contributed by atoms with Crippen LogP contribution in [0.5, 0.6) is 5.75 Å². The van der Waals surface area contributed by atoms with Crippen molar-refractivity contribution in [3.63, 3.8) is 0 Å². The lowest BCUT2D eigenvalue weighted by molar-refractivity contribution is -0.136. The van der Waals surface area contributed by atoms with Crippen LogP contribution in [-0.4, -0.2) is 31.8 Å². The Balaban J connectivity index is 2.57. The molecule has 0 aliphatic carbocycles. The fourth-order valence-electron chi connectivity index (χ4n) is 1.23. The van der Waals surface area contributed by atoms with E-state index in [0.717, 1.165) is 11.4 Å². The molecule has 1 aromatic rings. The fourth-order valence-corrected chi connectivity index (χ4v) is 1.23. The summed E-state index contributed by atoms with van der Waals surface area (Å²) in [5.74, 6) is 0.0146. The lowest BCUT2D eigenvalue weighted by Gasteiger charge is -2.18. The van der Waals surface area contributed by atoms with Crippen LogP contribution in [0.1, 0.15) is 6.42 Å². The number of hydrogen-bond acceptors (Lipinski definition) is 3. The van der Waals surface area contributed by atoms with E-state index in [1.165, 1.54) is 0 Å². The zero-order valence-electron chi connectivity index (χ0n) is 8.93. The minimum atomic E-state index is -0.782. The molecule has 82 valence electrons. The monoisotopic (exact) mass is 209 g/mol. The van der Waals surface area contributed by atoms with Gasteiger partial charge >= 0.3 is 5.97 Å². The van der Waals surface area contributed by atoms with Crippen molar-refractivity contribution >= 4 is 11.7 Å². The molecule has 1 aromatic carbocycles. The number of methoxy groups -OCH3 is 1. The number of benzene rings is 1. The van der Waals surface area contributed by atoms with E-state index in [-0.39, 0.29) is 6.42 Å². The van der Waals surface area contributed by atoms with Gasteiger partial charge in [0.25, 0.3) is 0 Å². The normalized spacial score (nSPS) is 9.73. The maximum Gasteiger partial charge on any atom is 0.305 e. The van der Waals surface area contributed by atoms with Crippen molar-refractivity contribution < 1.29 is 14.6 Å². The Hall–Kier alpha value is -1.71. The van der Waals surface area contributed by atoms with E-state index in [0.29, 0.717) is 6.54 Å². The summed E-state index contributed by atoms with van der Waals surface area (Å²) >= 11 is 0. The predicted molar refractivity (Wildman–Crippen MR) is 58.5 cm³/mol. The second-order valence-corrected chi connectivity index (χ2v) is 3.26. The minimum absolute atomic E-state index is 0.141. The molecule has 0 amide bonds. The van der Waals surface area contributed by atoms with Gasteiger partial charge in [-0.1, -0.05) is 0 Å². The van der Waals surface area contributed by atoms with E-state index < -0.39 is 5.97 Å². The molecule has 0 atom stereocenters. The Bertz CT molecular complexity index is 321. The van der Waals surface area contributed by atoms with Gasteiger partial charge in [0.05, 0.1) is 13.5 Å². The van der Waals surface area contributed by atoms with Crippen LogP contribution in [0.25, 0.3) is 0 Å². The molecule has 15 heavy (non-hydrogen) atoms. The third-order valence-electron chi connectivity index (χ3n) is 2.17. The minimum Gasteiger partial charge on any atom is -0.497 e. The van der Waals surface area contributed by atoms with Crippen LogP contribution >= 0.6 is 0 Å². The van der Waals surface area contributed by atoms with Crippen molar-refractivity contribution in [3.8, 4) is 5.75 Å². The maximum atomic E-state index is 10.4.